The third-order valence-electron chi connectivity index (χ3n) is 3.72. The molecule has 0 saturated carbocycles. The van der Waals surface area contributed by atoms with E-state index in [9.17, 15) is 0 Å². The third kappa shape index (κ3) is 2.01. The molecule has 1 heteroatoms. The summed E-state index contributed by atoms with van der Waals surface area (Å²) in [6, 6.07) is 0. The molecule has 1 fully saturated rings. The largest absolute Gasteiger partial charge is 0.317 e. The van der Waals surface area contributed by atoms with Crippen LogP contribution in [0.1, 0.15) is 46.5 Å². The molecule has 72 valence electrons. The van der Waals surface area contributed by atoms with Gasteiger partial charge in [0, 0.05) is 0 Å². The van der Waals surface area contributed by atoms with E-state index < -0.39 is 0 Å². The average Bonchev–Trinajstić information content (AvgIpc) is 2.07. The first kappa shape index (κ1) is 10.0. The van der Waals surface area contributed by atoms with Crippen LogP contribution in [-0.2, 0) is 0 Å². The molecule has 0 aromatic rings. The van der Waals surface area contributed by atoms with E-state index in [4.69, 9.17) is 0 Å². The minimum Gasteiger partial charge on any atom is -0.317 e. The first-order valence-corrected chi connectivity index (χ1v) is 5.43. The predicted molar refractivity (Wildman–Crippen MR) is 54.3 cm³/mol. The van der Waals surface area contributed by atoms with Gasteiger partial charge in [-0.1, -0.05) is 33.6 Å². The molecular weight excluding hydrogens is 146 g/mol. The van der Waals surface area contributed by atoms with Crippen molar-refractivity contribution in [2.24, 2.45) is 11.3 Å². The summed E-state index contributed by atoms with van der Waals surface area (Å²) in [6.45, 7) is 9.61. The van der Waals surface area contributed by atoms with E-state index in [1.54, 1.807) is 0 Å². The van der Waals surface area contributed by atoms with E-state index in [-0.39, 0.29) is 0 Å². The lowest BCUT2D eigenvalue weighted by molar-refractivity contribution is 0.121. The summed E-state index contributed by atoms with van der Waals surface area (Å²) >= 11 is 0. The van der Waals surface area contributed by atoms with Gasteiger partial charge in [0.2, 0.25) is 0 Å². The highest BCUT2D eigenvalue weighted by molar-refractivity contribution is 4.85. The fraction of sp³-hybridized carbons (Fsp3) is 1.00. The molecule has 0 radical (unpaired) electrons. The highest BCUT2D eigenvalue weighted by Gasteiger charge is 2.32. The Morgan fingerprint density at radius 2 is 1.67 bits per heavy atom. The lowest BCUT2D eigenvalue weighted by Gasteiger charge is -2.40. The minimum absolute atomic E-state index is 0.634. The molecule has 1 aliphatic rings. The van der Waals surface area contributed by atoms with Crippen LogP contribution >= 0.6 is 0 Å². The second-order valence-electron chi connectivity index (χ2n) is 4.42. The van der Waals surface area contributed by atoms with Crippen molar-refractivity contribution < 1.29 is 0 Å². The Bertz CT molecular complexity index is 121. The third-order valence-corrected chi connectivity index (χ3v) is 3.72. The van der Waals surface area contributed by atoms with Crippen LogP contribution in [0, 0.1) is 11.3 Å². The van der Waals surface area contributed by atoms with Crippen molar-refractivity contribution >= 4 is 0 Å². The van der Waals surface area contributed by atoms with Crippen LogP contribution in [0.2, 0.25) is 0 Å². The normalized spacial score (nSPS) is 23.0. The van der Waals surface area contributed by atoms with Gasteiger partial charge < -0.3 is 5.32 Å². The monoisotopic (exact) mass is 169 g/mol. The molecule has 1 aliphatic heterocycles. The summed E-state index contributed by atoms with van der Waals surface area (Å²) in [4.78, 5) is 0. The first-order valence-electron chi connectivity index (χ1n) is 5.43. The maximum absolute atomic E-state index is 3.44. The Morgan fingerprint density at radius 3 is 2.08 bits per heavy atom. The molecule has 0 aromatic heterocycles. The molecule has 0 spiro atoms. The summed E-state index contributed by atoms with van der Waals surface area (Å²) in [5.74, 6) is 0.944. The molecule has 0 aliphatic carbocycles. The van der Waals surface area contributed by atoms with Crippen molar-refractivity contribution in [3.8, 4) is 0 Å². The molecule has 0 bridgehead atoms. The van der Waals surface area contributed by atoms with Crippen LogP contribution in [0.15, 0.2) is 0 Å². The lowest BCUT2D eigenvalue weighted by atomic mass is 9.68. The second-order valence-corrected chi connectivity index (χ2v) is 4.42. The fourth-order valence-corrected chi connectivity index (χ4v) is 2.68. The van der Waals surface area contributed by atoms with Gasteiger partial charge in [0.25, 0.3) is 0 Å². The zero-order chi connectivity index (χ0) is 9.03. The highest BCUT2D eigenvalue weighted by atomic mass is 14.9. The van der Waals surface area contributed by atoms with E-state index in [1.807, 2.05) is 0 Å². The summed E-state index contributed by atoms with van der Waals surface area (Å²) in [5.41, 5.74) is 0.634. The van der Waals surface area contributed by atoms with E-state index in [2.05, 4.69) is 26.1 Å². The zero-order valence-corrected chi connectivity index (χ0v) is 8.82. The van der Waals surface area contributed by atoms with E-state index in [0.717, 1.165) is 5.92 Å². The summed E-state index contributed by atoms with van der Waals surface area (Å²) in [6.07, 6.45) is 5.46. The molecule has 0 atom stereocenters. The number of hydrogen-bond acceptors (Lipinski definition) is 1. The van der Waals surface area contributed by atoms with E-state index in [0.29, 0.717) is 5.41 Å². The standard InChI is InChI=1S/C11H23N/c1-4-10(5-2)11(3)6-8-12-9-7-11/h10,12H,4-9H2,1-3H3. The van der Waals surface area contributed by atoms with E-state index >= 15 is 0 Å². The maximum atomic E-state index is 3.44. The topological polar surface area (TPSA) is 12.0 Å². The fourth-order valence-electron chi connectivity index (χ4n) is 2.68. The van der Waals surface area contributed by atoms with Crippen molar-refractivity contribution in [3.63, 3.8) is 0 Å². The van der Waals surface area contributed by atoms with Gasteiger partial charge in [0.1, 0.15) is 0 Å². The lowest BCUT2D eigenvalue weighted by Crippen LogP contribution is -2.39. The number of rotatable bonds is 3. The maximum Gasteiger partial charge on any atom is -0.00436 e. The van der Waals surface area contributed by atoms with Gasteiger partial charge in [0.05, 0.1) is 0 Å². The smallest absolute Gasteiger partial charge is 0.00436 e. The predicted octanol–water partition coefficient (Wildman–Crippen LogP) is 2.81. The molecule has 1 heterocycles. The van der Waals surface area contributed by atoms with Crippen molar-refractivity contribution in [2.45, 2.75) is 46.5 Å². The van der Waals surface area contributed by atoms with Crippen molar-refractivity contribution in [1.82, 2.24) is 5.32 Å². The summed E-state index contributed by atoms with van der Waals surface area (Å²) in [5, 5.41) is 3.44. The zero-order valence-electron chi connectivity index (χ0n) is 8.82. The molecule has 1 N–H and O–H groups in total. The van der Waals surface area contributed by atoms with Crippen LogP contribution in [0.25, 0.3) is 0 Å². The van der Waals surface area contributed by atoms with Crippen LogP contribution in [0.4, 0.5) is 0 Å². The van der Waals surface area contributed by atoms with Crippen molar-refractivity contribution in [3.05, 3.63) is 0 Å². The van der Waals surface area contributed by atoms with Crippen LogP contribution < -0.4 is 5.32 Å². The second kappa shape index (κ2) is 4.27. The average molecular weight is 169 g/mol. The molecule has 0 amide bonds. The van der Waals surface area contributed by atoms with Crippen LogP contribution in [-0.4, -0.2) is 13.1 Å². The Kier molecular flexibility index (Phi) is 3.57. The molecule has 1 rings (SSSR count). The van der Waals surface area contributed by atoms with Gasteiger partial charge in [-0.15, -0.1) is 0 Å². The Labute approximate surface area is 76.9 Å². The SMILES string of the molecule is CCC(CC)C1(C)CCNCC1. The molecule has 1 saturated heterocycles. The molecule has 0 aromatic carbocycles. The van der Waals surface area contributed by atoms with Gasteiger partial charge in [0.15, 0.2) is 0 Å². The first-order chi connectivity index (χ1) is 5.73. The summed E-state index contributed by atoms with van der Waals surface area (Å²) in [7, 11) is 0. The minimum atomic E-state index is 0.634. The van der Waals surface area contributed by atoms with Crippen LogP contribution in [0.5, 0.6) is 0 Å². The van der Waals surface area contributed by atoms with Crippen molar-refractivity contribution in [1.29, 1.82) is 0 Å². The molecule has 1 nitrogen and oxygen atoms in total. The number of nitrogens with one attached hydrogen (secondary N) is 1. The Hall–Kier alpha value is -0.0400. The quantitative estimate of drug-likeness (QED) is 0.685. The van der Waals surface area contributed by atoms with Crippen molar-refractivity contribution in [2.75, 3.05) is 13.1 Å². The van der Waals surface area contributed by atoms with Gasteiger partial charge in [-0.25, -0.2) is 0 Å². The van der Waals surface area contributed by atoms with Gasteiger partial charge >= 0.3 is 0 Å². The molecule has 12 heavy (non-hydrogen) atoms. The summed E-state index contributed by atoms with van der Waals surface area (Å²) < 4.78 is 0. The highest BCUT2D eigenvalue weighted by Crippen LogP contribution is 2.39. The van der Waals surface area contributed by atoms with Gasteiger partial charge in [-0.05, 0) is 37.3 Å². The Morgan fingerprint density at radius 1 is 1.17 bits per heavy atom. The Balaban J connectivity index is 2.53. The van der Waals surface area contributed by atoms with Gasteiger partial charge in [-0.2, -0.15) is 0 Å². The molecular formula is C11H23N. The number of piperidine rings is 1. The van der Waals surface area contributed by atoms with Gasteiger partial charge in [-0.3, -0.25) is 0 Å². The van der Waals surface area contributed by atoms with Crippen LogP contribution in [0.3, 0.4) is 0 Å². The van der Waals surface area contributed by atoms with E-state index in [1.165, 1.54) is 38.8 Å². The number of hydrogen-bond donors (Lipinski definition) is 1. The molecule has 0 unspecified atom stereocenters.